The number of aromatic nitrogens is 2. The molecule has 0 fully saturated rings. The summed E-state index contributed by atoms with van der Waals surface area (Å²) in [5.41, 5.74) is 2.91. The normalized spacial score (nSPS) is 10.8. The van der Waals surface area contributed by atoms with E-state index in [1.165, 1.54) is 12.1 Å². The Bertz CT molecular complexity index is 577. The van der Waals surface area contributed by atoms with E-state index in [2.05, 4.69) is 10.4 Å². The lowest BCUT2D eigenvalue weighted by Gasteiger charge is -2.21. The van der Waals surface area contributed by atoms with Gasteiger partial charge in [0.1, 0.15) is 11.6 Å². The van der Waals surface area contributed by atoms with Crippen molar-refractivity contribution in [1.82, 2.24) is 15.1 Å². The first kappa shape index (κ1) is 13.5. The molecule has 0 bridgehead atoms. The first-order valence-electron chi connectivity index (χ1n) is 6.21. The molecule has 0 aliphatic carbocycles. The zero-order valence-corrected chi connectivity index (χ0v) is 11.7. The van der Waals surface area contributed by atoms with Gasteiger partial charge < -0.3 is 10.2 Å². The molecule has 0 aliphatic heterocycles. The number of rotatable bonds is 4. The fourth-order valence-electron chi connectivity index (χ4n) is 2.30. The number of benzene rings is 1. The Balaban J connectivity index is 2.46. The lowest BCUT2D eigenvalue weighted by Crippen LogP contribution is -2.17. The zero-order chi connectivity index (χ0) is 14.0. The molecule has 19 heavy (non-hydrogen) atoms. The Morgan fingerprint density at radius 1 is 1.42 bits per heavy atom. The molecule has 5 heteroatoms. The topological polar surface area (TPSA) is 33.1 Å². The van der Waals surface area contributed by atoms with Crippen molar-refractivity contribution in [2.24, 2.45) is 7.05 Å². The summed E-state index contributed by atoms with van der Waals surface area (Å²) in [6, 6.07) is 6.56. The van der Waals surface area contributed by atoms with Crippen molar-refractivity contribution in [2.45, 2.75) is 13.5 Å². The lowest BCUT2D eigenvalue weighted by atomic mass is 10.2. The first-order chi connectivity index (χ1) is 9.04. The Morgan fingerprint density at radius 3 is 2.79 bits per heavy atom. The zero-order valence-electron chi connectivity index (χ0n) is 11.7. The van der Waals surface area contributed by atoms with E-state index in [-0.39, 0.29) is 5.82 Å². The fraction of sp³-hybridized carbons (Fsp3) is 0.357. The Labute approximate surface area is 112 Å². The number of nitrogens with one attached hydrogen (secondary N) is 1. The van der Waals surface area contributed by atoms with Gasteiger partial charge in [-0.05, 0) is 32.2 Å². The Kier molecular flexibility index (Phi) is 3.85. The summed E-state index contributed by atoms with van der Waals surface area (Å²) >= 11 is 0. The molecule has 1 heterocycles. The van der Waals surface area contributed by atoms with Gasteiger partial charge in [0.25, 0.3) is 0 Å². The predicted molar refractivity (Wildman–Crippen MR) is 75.2 cm³/mol. The third-order valence-electron chi connectivity index (χ3n) is 3.18. The van der Waals surface area contributed by atoms with Crippen LogP contribution in [0.4, 0.5) is 15.9 Å². The van der Waals surface area contributed by atoms with E-state index in [1.54, 1.807) is 6.07 Å². The van der Waals surface area contributed by atoms with E-state index in [1.807, 2.05) is 43.7 Å². The minimum atomic E-state index is -0.238. The fourth-order valence-corrected chi connectivity index (χ4v) is 2.30. The molecule has 2 rings (SSSR count). The molecule has 1 aromatic heterocycles. The summed E-state index contributed by atoms with van der Waals surface area (Å²) in [5.74, 6) is 0.732. The molecule has 1 aromatic carbocycles. The molecule has 4 nitrogen and oxygen atoms in total. The van der Waals surface area contributed by atoms with Crippen molar-refractivity contribution >= 4 is 11.5 Å². The maximum absolute atomic E-state index is 13.3. The second kappa shape index (κ2) is 5.40. The van der Waals surface area contributed by atoms with Crippen LogP contribution in [-0.2, 0) is 13.6 Å². The van der Waals surface area contributed by atoms with Gasteiger partial charge in [-0.25, -0.2) is 4.39 Å². The van der Waals surface area contributed by atoms with Crippen LogP contribution in [0.25, 0.3) is 0 Å². The van der Waals surface area contributed by atoms with E-state index in [0.29, 0.717) is 0 Å². The molecule has 0 unspecified atom stereocenters. The highest BCUT2D eigenvalue weighted by atomic mass is 19.1. The number of halogens is 1. The number of hydrogen-bond donors (Lipinski definition) is 1. The Hall–Kier alpha value is -1.88. The second-order valence-corrected chi connectivity index (χ2v) is 4.58. The highest BCUT2D eigenvalue weighted by Crippen LogP contribution is 2.28. The summed E-state index contributed by atoms with van der Waals surface area (Å²) in [7, 11) is 5.72. The van der Waals surface area contributed by atoms with E-state index in [0.717, 1.165) is 29.3 Å². The minimum Gasteiger partial charge on any atom is -0.329 e. The Morgan fingerprint density at radius 2 is 2.16 bits per heavy atom. The van der Waals surface area contributed by atoms with E-state index < -0.39 is 0 Å². The third kappa shape index (κ3) is 2.61. The van der Waals surface area contributed by atoms with Gasteiger partial charge in [-0.3, -0.25) is 4.68 Å². The summed E-state index contributed by atoms with van der Waals surface area (Å²) in [4.78, 5) is 1.95. The molecule has 0 saturated carbocycles. The molecule has 2 aromatic rings. The molecule has 0 radical (unpaired) electrons. The van der Waals surface area contributed by atoms with Crippen LogP contribution in [0, 0.1) is 12.7 Å². The van der Waals surface area contributed by atoms with Crippen LogP contribution in [0.5, 0.6) is 0 Å². The average Bonchev–Trinajstić information content (AvgIpc) is 2.64. The number of nitrogens with zero attached hydrogens (tertiary/aromatic N) is 3. The third-order valence-corrected chi connectivity index (χ3v) is 3.18. The van der Waals surface area contributed by atoms with Crippen molar-refractivity contribution in [3.63, 3.8) is 0 Å². The summed E-state index contributed by atoms with van der Waals surface area (Å²) in [6.45, 7) is 2.71. The van der Waals surface area contributed by atoms with Crippen LogP contribution in [0.15, 0.2) is 24.3 Å². The predicted octanol–water partition coefficient (Wildman–Crippen LogP) is 2.35. The molecular weight excluding hydrogens is 243 g/mol. The standard InChI is InChI=1S/C14H19FN4/c1-10-13(9-16-2)14(19(4)17-10)18(3)12-7-5-6-11(15)8-12/h5-8,16H,9H2,1-4H3. The maximum atomic E-state index is 13.3. The molecule has 0 saturated heterocycles. The van der Waals surface area contributed by atoms with E-state index in [4.69, 9.17) is 0 Å². The van der Waals surface area contributed by atoms with Gasteiger partial charge in [0.15, 0.2) is 0 Å². The molecule has 0 spiro atoms. The number of anilines is 2. The number of aryl methyl sites for hydroxylation is 2. The molecule has 0 aliphatic rings. The van der Waals surface area contributed by atoms with Gasteiger partial charge in [-0.15, -0.1) is 0 Å². The van der Waals surface area contributed by atoms with Crippen LogP contribution < -0.4 is 10.2 Å². The van der Waals surface area contributed by atoms with Crippen LogP contribution in [0.3, 0.4) is 0 Å². The second-order valence-electron chi connectivity index (χ2n) is 4.58. The van der Waals surface area contributed by atoms with E-state index in [9.17, 15) is 4.39 Å². The van der Waals surface area contributed by atoms with Crippen LogP contribution in [-0.4, -0.2) is 23.9 Å². The molecular formula is C14H19FN4. The van der Waals surface area contributed by atoms with Gasteiger partial charge in [-0.2, -0.15) is 5.10 Å². The maximum Gasteiger partial charge on any atom is 0.135 e. The highest BCUT2D eigenvalue weighted by molar-refractivity contribution is 5.63. The molecule has 102 valence electrons. The molecule has 0 atom stereocenters. The van der Waals surface area contributed by atoms with Crippen molar-refractivity contribution in [3.05, 3.63) is 41.3 Å². The molecule has 1 N–H and O–H groups in total. The van der Waals surface area contributed by atoms with Crippen LogP contribution in [0.2, 0.25) is 0 Å². The smallest absolute Gasteiger partial charge is 0.135 e. The van der Waals surface area contributed by atoms with E-state index >= 15 is 0 Å². The molecule has 0 amide bonds. The van der Waals surface area contributed by atoms with Gasteiger partial charge in [0, 0.05) is 31.9 Å². The lowest BCUT2D eigenvalue weighted by molar-refractivity contribution is 0.627. The van der Waals surface area contributed by atoms with Gasteiger partial charge in [0.05, 0.1) is 5.69 Å². The average molecular weight is 262 g/mol. The van der Waals surface area contributed by atoms with Gasteiger partial charge in [0.2, 0.25) is 0 Å². The van der Waals surface area contributed by atoms with Crippen LogP contribution in [0.1, 0.15) is 11.3 Å². The summed E-state index contributed by atoms with van der Waals surface area (Å²) in [5, 5.41) is 7.58. The van der Waals surface area contributed by atoms with Gasteiger partial charge >= 0.3 is 0 Å². The van der Waals surface area contributed by atoms with Gasteiger partial charge in [-0.1, -0.05) is 6.07 Å². The SMILES string of the molecule is CNCc1c(C)nn(C)c1N(C)c1cccc(F)c1. The monoisotopic (exact) mass is 262 g/mol. The highest BCUT2D eigenvalue weighted by Gasteiger charge is 2.17. The summed E-state index contributed by atoms with van der Waals surface area (Å²) in [6.07, 6.45) is 0. The first-order valence-corrected chi connectivity index (χ1v) is 6.21. The minimum absolute atomic E-state index is 0.238. The quantitative estimate of drug-likeness (QED) is 0.918. The summed E-state index contributed by atoms with van der Waals surface area (Å²) < 4.78 is 15.2. The van der Waals surface area contributed by atoms with Crippen molar-refractivity contribution in [2.75, 3.05) is 19.0 Å². The van der Waals surface area contributed by atoms with Crippen molar-refractivity contribution in [3.8, 4) is 0 Å². The number of hydrogen-bond acceptors (Lipinski definition) is 3. The largest absolute Gasteiger partial charge is 0.329 e. The van der Waals surface area contributed by atoms with Crippen LogP contribution >= 0.6 is 0 Å². The van der Waals surface area contributed by atoms with Crippen molar-refractivity contribution < 1.29 is 4.39 Å². The van der Waals surface area contributed by atoms with Crippen molar-refractivity contribution in [1.29, 1.82) is 0 Å².